The van der Waals surface area contributed by atoms with Gasteiger partial charge in [0.1, 0.15) is 0 Å². The first-order chi connectivity index (χ1) is 1.00. The first kappa shape index (κ1) is 15.8. The minimum absolute atomic E-state index is 0. The van der Waals surface area contributed by atoms with Gasteiger partial charge in [-0.1, -0.05) is 0 Å². The van der Waals surface area contributed by atoms with E-state index in [2.05, 4.69) is 0 Å². The van der Waals surface area contributed by atoms with E-state index in [1.54, 1.807) is 0 Å². The molecule has 0 N–H and O–H groups in total. The molecule has 0 rings (SSSR count). The zero-order valence-electron chi connectivity index (χ0n) is 2.65. The van der Waals surface area contributed by atoms with E-state index in [4.69, 9.17) is 0 Å². The summed E-state index contributed by atoms with van der Waals surface area (Å²) in [5, 5.41) is 0. The first-order valence-corrected chi connectivity index (χ1v) is 15.6. The molecule has 0 aliphatic rings. The van der Waals surface area contributed by atoms with Crippen LogP contribution in [0, 0.1) is 0 Å². The van der Waals surface area contributed by atoms with E-state index in [1.807, 2.05) is 19.4 Å². The Hall–Kier alpha value is 2.94. The van der Waals surface area contributed by atoms with E-state index in [0.717, 1.165) is 15.1 Å². The van der Waals surface area contributed by atoms with Crippen molar-refractivity contribution < 1.29 is 21.7 Å². The van der Waals surface area contributed by atoms with Crippen LogP contribution in [0.1, 0.15) is 0 Å². The van der Waals surface area contributed by atoms with Crippen LogP contribution in [-0.2, 0) is 21.7 Å². The van der Waals surface area contributed by atoms with Gasteiger partial charge < -0.3 is 0 Å². The zero-order valence-corrected chi connectivity index (χ0v) is 15.0. The minimum Gasteiger partial charge on any atom is 0 e. The molecule has 0 saturated carbocycles. The van der Waals surface area contributed by atoms with Gasteiger partial charge in [0.05, 0.1) is 0 Å². The second kappa shape index (κ2) is 16.8. The molecule has 2 radical (unpaired) electrons. The van der Waals surface area contributed by atoms with E-state index in [-0.39, 0.29) is 45.6 Å². The summed E-state index contributed by atoms with van der Waals surface area (Å²) in [5.41, 5.74) is 0. The number of hydrogen-bond acceptors (Lipinski definition) is 0. The molecule has 22 valence electrons. The third kappa shape index (κ3) is 8.87. The molecule has 0 spiro atoms. The Balaban J connectivity index is -0.00000000500. The molecule has 0 aromatic carbocycles. The number of hydrogen-bond donors (Lipinski definition) is 0. The molecule has 0 bridgehead atoms. The molecule has 0 saturated heterocycles. The maximum absolute atomic E-state index is 1.94. The van der Waals surface area contributed by atoms with Gasteiger partial charge in [0.15, 0.2) is 0 Å². The Kier molecular flexibility index (Phi) is 66.1. The summed E-state index contributed by atoms with van der Waals surface area (Å²) in [6.45, 7) is 0. The SMILES string of the molecule is [GaH2][TeH].[SnH2].[Ti]. The van der Waals surface area contributed by atoms with Crippen LogP contribution in [-0.4, -0.2) is 58.4 Å². The van der Waals surface area contributed by atoms with Crippen molar-refractivity contribution in [2.24, 2.45) is 0 Å². The van der Waals surface area contributed by atoms with Crippen molar-refractivity contribution in [3.63, 3.8) is 0 Å². The van der Waals surface area contributed by atoms with Gasteiger partial charge in [-0.05, 0) is 0 Å². The summed E-state index contributed by atoms with van der Waals surface area (Å²) in [5.74, 6) is 0. The molecular formula is H5GaSnTeTi. The standard InChI is InChI=1S/Ga.Sn.H2Te.Ti.4H/h;;1H2;;;;;/q+1;;;;;;;/p-1. The fourth-order valence-corrected chi connectivity index (χ4v) is 0. The third-order valence-electron chi connectivity index (χ3n) is 0. The Morgan fingerprint density at radius 1 is 1.25 bits per heavy atom. The van der Waals surface area contributed by atoms with Gasteiger partial charge in [-0.25, -0.2) is 0 Å². The molecule has 0 aliphatic heterocycles. The average Bonchev–Trinajstić information content (AvgIpc) is 1.00. The van der Waals surface area contributed by atoms with Gasteiger partial charge in [0, 0.05) is 21.7 Å². The summed E-state index contributed by atoms with van der Waals surface area (Å²) < 4.78 is 0. The fourth-order valence-electron chi connectivity index (χ4n) is 0. The quantitative estimate of drug-likeness (QED) is 0.415. The minimum atomic E-state index is 0. The molecule has 0 heterocycles. The molecule has 0 nitrogen and oxygen atoms in total. The summed E-state index contributed by atoms with van der Waals surface area (Å²) in [4.78, 5) is 0. The van der Waals surface area contributed by atoms with Crippen molar-refractivity contribution in [3.05, 3.63) is 0 Å². The van der Waals surface area contributed by atoms with E-state index < -0.39 is 0 Å². The van der Waals surface area contributed by atoms with Crippen molar-refractivity contribution >= 4 is 58.4 Å². The fraction of sp³-hybridized carbons (Fsp3) is 0. The summed E-state index contributed by atoms with van der Waals surface area (Å²) in [6.07, 6.45) is 0. The van der Waals surface area contributed by atoms with Crippen LogP contribution in [0.2, 0.25) is 0 Å². The van der Waals surface area contributed by atoms with Gasteiger partial charge in [0.25, 0.3) is 0 Å². The maximum Gasteiger partial charge on any atom is 0 e. The van der Waals surface area contributed by atoms with Crippen LogP contribution >= 0.6 is 0 Å². The second-order valence-corrected chi connectivity index (χ2v) is 0. The van der Waals surface area contributed by atoms with Crippen LogP contribution in [0.4, 0.5) is 0 Å². The molecule has 0 aliphatic carbocycles. The topological polar surface area (TPSA) is 0 Å². The van der Waals surface area contributed by atoms with Crippen LogP contribution in [0.3, 0.4) is 0 Å². The average molecular weight is 369 g/mol. The molecule has 4 heteroatoms. The zero-order chi connectivity index (χ0) is 2.00. The normalized spacial score (nSPS) is 1.25. The molecule has 0 unspecified atom stereocenters. The van der Waals surface area contributed by atoms with Crippen LogP contribution in [0.15, 0.2) is 0 Å². The van der Waals surface area contributed by atoms with Crippen LogP contribution in [0.25, 0.3) is 0 Å². The monoisotopic (exact) mass is 372 g/mol. The summed E-state index contributed by atoms with van der Waals surface area (Å²) in [7, 11) is 0. The Bertz CT molecular complexity index is 8.00. The maximum atomic E-state index is 1.94. The van der Waals surface area contributed by atoms with Gasteiger partial charge in [-0.15, -0.1) is 0 Å². The summed E-state index contributed by atoms with van der Waals surface area (Å²) >= 11 is 3.05. The van der Waals surface area contributed by atoms with Crippen molar-refractivity contribution in [1.29, 1.82) is 0 Å². The molecule has 0 amide bonds. The predicted molar refractivity (Wildman–Crippen MR) is 24.2 cm³/mol. The molecule has 0 aromatic heterocycles. The molecule has 0 aromatic rings. The van der Waals surface area contributed by atoms with Gasteiger partial charge in [-0.2, -0.15) is 0 Å². The molecule has 0 fully saturated rings. The van der Waals surface area contributed by atoms with Crippen LogP contribution < -0.4 is 0 Å². The molecular weight excluding hydrogens is 364 g/mol. The van der Waals surface area contributed by atoms with Gasteiger partial charge in [0.2, 0.25) is 0 Å². The van der Waals surface area contributed by atoms with Crippen molar-refractivity contribution in [2.45, 2.75) is 0 Å². The van der Waals surface area contributed by atoms with Crippen molar-refractivity contribution in [2.75, 3.05) is 0 Å². The Morgan fingerprint density at radius 2 is 1.25 bits per heavy atom. The summed E-state index contributed by atoms with van der Waals surface area (Å²) in [6, 6.07) is 0. The smallest absolute Gasteiger partial charge is 0 e. The number of rotatable bonds is 0. The van der Waals surface area contributed by atoms with Gasteiger partial charge in [-0.3, -0.25) is 0 Å². The Labute approximate surface area is 78.5 Å². The second-order valence-electron chi connectivity index (χ2n) is 0. The van der Waals surface area contributed by atoms with Gasteiger partial charge >= 0.3 is 58.4 Å². The van der Waals surface area contributed by atoms with E-state index in [0.29, 0.717) is 0 Å². The van der Waals surface area contributed by atoms with Crippen molar-refractivity contribution in [3.8, 4) is 0 Å². The predicted octanol–water partition coefficient (Wildman–Crippen LogP) is -2.48. The van der Waals surface area contributed by atoms with Crippen LogP contribution in [0.5, 0.6) is 0 Å². The Morgan fingerprint density at radius 3 is 1.25 bits per heavy atom. The van der Waals surface area contributed by atoms with Crippen molar-refractivity contribution in [1.82, 2.24) is 0 Å². The first-order valence-electron chi connectivity index (χ1n) is 0.447. The van der Waals surface area contributed by atoms with E-state index in [9.17, 15) is 0 Å². The van der Waals surface area contributed by atoms with E-state index >= 15 is 0 Å². The molecule has 4 heavy (non-hydrogen) atoms. The third-order valence-corrected chi connectivity index (χ3v) is 0. The largest absolute Gasteiger partial charge is 0 e. The molecule has 0 atom stereocenters. The van der Waals surface area contributed by atoms with E-state index in [1.165, 1.54) is 0 Å².